The van der Waals surface area contributed by atoms with Gasteiger partial charge in [0.2, 0.25) is 0 Å². The molecule has 0 aliphatic heterocycles. The number of hydrogen-bond donors (Lipinski definition) is 1. The van der Waals surface area contributed by atoms with E-state index < -0.39 is 0 Å². The van der Waals surface area contributed by atoms with E-state index in [2.05, 4.69) is 30.3 Å². The number of nitrogens with one attached hydrogen (secondary N) is 1. The fourth-order valence-corrected chi connectivity index (χ4v) is 1.63. The van der Waals surface area contributed by atoms with E-state index in [9.17, 15) is 0 Å². The first-order valence-corrected chi connectivity index (χ1v) is 6.31. The molecule has 1 aromatic heterocycles. The molecule has 17 heavy (non-hydrogen) atoms. The molecule has 0 spiro atoms. The highest BCUT2D eigenvalue weighted by atomic mass is 15.3. The summed E-state index contributed by atoms with van der Waals surface area (Å²) in [5.41, 5.74) is 1.26. The third-order valence-corrected chi connectivity index (χ3v) is 2.51. The van der Waals surface area contributed by atoms with E-state index in [1.54, 1.807) is 0 Å². The van der Waals surface area contributed by atoms with Gasteiger partial charge in [-0.15, -0.1) is 0 Å². The van der Waals surface area contributed by atoms with Crippen LogP contribution in [-0.4, -0.2) is 22.9 Å². The summed E-state index contributed by atoms with van der Waals surface area (Å²) < 4.78 is 1.85. The van der Waals surface area contributed by atoms with Crippen molar-refractivity contribution >= 4 is 0 Å². The maximum Gasteiger partial charge on any atom is 0.0641 e. The van der Waals surface area contributed by atoms with Crippen LogP contribution in [0.2, 0.25) is 0 Å². The predicted octanol–water partition coefficient (Wildman–Crippen LogP) is 1.97. The summed E-state index contributed by atoms with van der Waals surface area (Å²) in [7, 11) is 0. The third kappa shape index (κ3) is 6.08. The van der Waals surface area contributed by atoms with Crippen molar-refractivity contribution in [3.05, 3.63) is 18.0 Å². The van der Waals surface area contributed by atoms with Crippen molar-refractivity contribution in [1.29, 1.82) is 5.26 Å². The van der Waals surface area contributed by atoms with Gasteiger partial charge in [-0.2, -0.15) is 10.4 Å². The number of aryl methyl sites for hydroxylation is 2. The topological polar surface area (TPSA) is 53.6 Å². The first kappa shape index (κ1) is 13.7. The van der Waals surface area contributed by atoms with E-state index in [0.29, 0.717) is 18.9 Å². The van der Waals surface area contributed by atoms with E-state index in [1.165, 1.54) is 5.56 Å². The first-order chi connectivity index (χ1) is 8.22. The molecule has 0 radical (unpaired) electrons. The Morgan fingerprint density at radius 2 is 2.35 bits per heavy atom. The summed E-state index contributed by atoms with van der Waals surface area (Å²) in [5, 5.41) is 16.1. The Hall–Kier alpha value is -1.34. The second-order valence-electron chi connectivity index (χ2n) is 4.72. The number of nitriles is 1. The highest BCUT2D eigenvalue weighted by Crippen LogP contribution is 2.02. The molecule has 0 unspecified atom stereocenters. The Bertz CT molecular complexity index is 349. The van der Waals surface area contributed by atoms with Gasteiger partial charge in [0.05, 0.1) is 25.2 Å². The van der Waals surface area contributed by atoms with Crippen LogP contribution in [0.25, 0.3) is 0 Å². The second-order valence-corrected chi connectivity index (χ2v) is 4.72. The lowest BCUT2D eigenvalue weighted by molar-refractivity contribution is 0.543. The third-order valence-electron chi connectivity index (χ3n) is 2.51. The Morgan fingerprint density at radius 3 is 3.06 bits per heavy atom. The van der Waals surface area contributed by atoms with Gasteiger partial charge in [0.25, 0.3) is 0 Å². The quantitative estimate of drug-likeness (QED) is 0.700. The molecule has 94 valence electrons. The molecule has 4 nitrogen and oxygen atoms in total. The molecule has 0 bridgehead atoms. The van der Waals surface area contributed by atoms with E-state index in [0.717, 1.165) is 25.9 Å². The molecule has 0 aliphatic rings. The number of hydrogen-bond acceptors (Lipinski definition) is 3. The summed E-state index contributed by atoms with van der Waals surface area (Å²) in [5.74, 6) is 0.712. The SMILES string of the molecule is CC(C)CNCCCc1cnn(CCC#N)c1. The van der Waals surface area contributed by atoms with E-state index in [4.69, 9.17) is 5.26 Å². The van der Waals surface area contributed by atoms with Crippen molar-refractivity contribution in [2.75, 3.05) is 13.1 Å². The van der Waals surface area contributed by atoms with Gasteiger partial charge in [0.1, 0.15) is 0 Å². The van der Waals surface area contributed by atoms with Gasteiger partial charge in [-0.1, -0.05) is 13.8 Å². The Morgan fingerprint density at radius 1 is 1.53 bits per heavy atom. The normalized spacial score (nSPS) is 10.7. The Labute approximate surface area is 104 Å². The summed E-state index contributed by atoms with van der Waals surface area (Å²) in [6, 6.07) is 2.13. The van der Waals surface area contributed by atoms with Crippen molar-refractivity contribution < 1.29 is 0 Å². The largest absolute Gasteiger partial charge is 0.316 e. The lowest BCUT2D eigenvalue weighted by Gasteiger charge is -2.06. The van der Waals surface area contributed by atoms with Crippen LogP contribution >= 0.6 is 0 Å². The summed E-state index contributed by atoms with van der Waals surface area (Å²) in [6.45, 7) is 7.27. The number of rotatable bonds is 8. The minimum Gasteiger partial charge on any atom is -0.316 e. The zero-order valence-corrected chi connectivity index (χ0v) is 10.8. The molecule has 1 rings (SSSR count). The fourth-order valence-electron chi connectivity index (χ4n) is 1.63. The van der Waals surface area contributed by atoms with Crippen molar-refractivity contribution in [2.24, 2.45) is 5.92 Å². The molecular formula is C13H22N4. The smallest absolute Gasteiger partial charge is 0.0641 e. The molecule has 0 saturated carbocycles. The summed E-state index contributed by atoms with van der Waals surface area (Å²) >= 11 is 0. The average molecular weight is 234 g/mol. The monoisotopic (exact) mass is 234 g/mol. The predicted molar refractivity (Wildman–Crippen MR) is 68.5 cm³/mol. The molecule has 1 N–H and O–H groups in total. The van der Waals surface area contributed by atoms with E-state index in [1.807, 2.05) is 17.1 Å². The minimum atomic E-state index is 0.525. The Kier molecular flexibility index (Phi) is 6.34. The second kappa shape index (κ2) is 7.86. The van der Waals surface area contributed by atoms with Crippen molar-refractivity contribution in [3.8, 4) is 6.07 Å². The van der Waals surface area contributed by atoms with Gasteiger partial charge >= 0.3 is 0 Å². The summed E-state index contributed by atoms with van der Waals surface area (Å²) in [4.78, 5) is 0. The molecule has 0 atom stereocenters. The summed E-state index contributed by atoms with van der Waals surface area (Å²) in [6.07, 6.45) is 6.66. The van der Waals surface area contributed by atoms with Crippen molar-refractivity contribution in [2.45, 2.75) is 39.7 Å². The average Bonchev–Trinajstić information content (AvgIpc) is 2.73. The molecule has 0 aromatic carbocycles. The van der Waals surface area contributed by atoms with Crippen LogP contribution in [0.15, 0.2) is 12.4 Å². The highest BCUT2D eigenvalue weighted by Gasteiger charge is 1.99. The van der Waals surface area contributed by atoms with Crippen molar-refractivity contribution in [1.82, 2.24) is 15.1 Å². The lowest BCUT2D eigenvalue weighted by Crippen LogP contribution is -2.20. The Balaban J connectivity index is 2.14. The molecule has 1 heterocycles. The first-order valence-electron chi connectivity index (χ1n) is 6.31. The van der Waals surface area contributed by atoms with Crippen LogP contribution in [0.3, 0.4) is 0 Å². The van der Waals surface area contributed by atoms with Crippen LogP contribution in [0.5, 0.6) is 0 Å². The molecule has 0 saturated heterocycles. The van der Waals surface area contributed by atoms with Crippen LogP contribution in [0, 0.1) is 17.2 Å². The lowest BCUT2D eigenvalue weighted by atomic mass is 10.2. The number of aromatic nitrogens is 2. The maximum atomic E-state index is 8.48. The van der Waals surface area contributed by atoms with Gasteiger partial charge < -0.3 is 5.32 Å². The van der Waals surface area contributed by atoms with Gasteiger partial charge in [-0.05, 0) is 37.4 Å². The molecule has 0 fully saturated rings. The van der Waals surface area contributed by atoms with Gasteiger partial charge in [-0.25, -0.2) is 0 Å². The van der Waals surface area contributed by atoms with Gasteiger partial charge in [0, 0.05) is 6.20 Å². The van der Waals surface area contributed by atoms with Crippen LogP contribution in [0.1, 0.15) is 32.3 Å². The highest BCUT2D eigenvalue weighted by molar-refractivity contribution is 5.03. The molecule has 0 aliphatic carbocycles. The van der Waals surface area contributed by atoms with Crippen LogP contribution in [0.4, 0.5) is 0 Å². The van der Waals surface area contributed by atoms with Crippen LogP contribution < -0.4 is 5.32 Å². The molecule has 4 heteroatoms. The van der Waals surface area contributed by atoms with Gasteiger partial charge in [-0.3, -0.25) is 4.68 Å². The maximum absolute atomic E-state index is 8.48. The molecule has 1 aromatic rings. The zero-order chi connectivity index (χ0) is 12.5. The fraction of sp³-hybridized carbons (Fsp3) is 0.692. The van der Waals surface area contributed by atoms with Crippen LogP contribution in [-0.2, 0) is 13.0 Å². The zero-order valence-electron chi connectivity index (χ0n) is 10.8. The minimum absolute atomic E-state index is 0.525. The van der Waals surface area contributed by atoms with E-state index >= 15 is 0 Å². The number of nitrogens with zero attached hydrogens (tertiary/aromatic N) is 3. The standard InChI is InChI=1S/C13H22N4/c1-12(2)9-15-7-3-5-13-10-16-17(11-13)8-4-6-14/h10-12,15H,3-5,7-9H2,1-2H3. The van der Waals surface area contributed by atoms with E-state index in [-0.39, 0.29) is 0 Å². The molecular weight excluding hydrogens is 212 g/mol. The van der Waals surface area contributed by atoms with Gasteiger partial charge in [0.15, 0.2) is 0 Å². The molecule has 0 amide bonds. The van der Waals surface area contributed by atoms with Crippen molar-refractivity contribution in [3.63, 3.8) is 0 Å².